The molecule has 1 unspecified atom stereocenters. The molecule has 0 spiro atoms. The largest absolute Gasteiger partial charge is 0.459 e. The van der Waals surface area contributed by atoms with Crippen molar-refractivity contribution in [1.29, 1.82) is 0 Å². The van der Waals surface area contributed by atoms with E-state index in [1.165, 1.54) is 37.1 Å². The third kappa shape index (κ3) is 6.58. The van der Waals surface area contributed by atoms with E-state index >= 15 is 0 Å². The van der Waals surface area contributed by atoms with Crippen molar-refractivity contribution in [1.82, 2.24) is 20.4 Å². The summed E-state index contributed by atoms with van der Waals surface area (Å²) in [5.41, 5.74) is 2.13. The SMILES string of the molecule is CCN1CCN(CC(C)CNC(=NC)NCc2oc3ccccc3c2C)CC1.I. The van der Waals surface area contributed by atoms with Gasteiger partial charge in [-0.1, -0.05) is 32.0 Å². The molecule has 1 saturated heterocycles. The van der Waals surface area contributed by atoms with Gasteiger partial charge in [-0.2, -0.15) is 0 Å². The highest BCUT2D eigenvalue weighted by atomic mass is 127. The van der Waals surface area contributed by atoms with Crippen molar-refractivity contribution >= 4 is 40.9 Å². The smallest absolute Gasteiger partial charge is 0.191 e. The second-order valence-corrected chi connectivity index (χ2v) is 7.79. The number of nitrogens with zero attached hydrogens (tertiary/aromatic N) is 3. The minimum absolute atomic E-state index is 0. The quantitative estimate of drug-likeness (QED) is 0.338. The monoisotopic (exact) mass is 513 g/mol. The number of aliphatic imine (C=N–C) groups is 1. The van der Waals surface area contributed by atoms with Gasteiger partial charge >= 0.3 is 0 Å². The lowest BCUT2D eigenvalue weighted by atomic mass is 10.1. The van der Waals surface area contributed by atoms with Crippen molar-refractivity contribution in [2.45, 2.75) is 27.3 Å². The van der Waals surface area contributed by atoms with Crippen LogP contribution in [0.2, 0.25) is 0 Å². The first kappa shape index (κ1) is 24.0. The minimum Gasteiger partial charge on any atom is -0.459 e. The van der Waals surface area contributed by atoms with Gasteiger partial charge in [0.25, 0.3) is 0 Å². The average molecular weight is 513 g/mol. The molecular formula is C22H36IN5O. The molecule has 1 aliphatic rings. The number of guanidine groups is 1. The third-order valence-corrected chi connectivity index (χ3v) is 5.68. The zero-order valence-electron chi connectivity index (χ0n) is 18.2. The first-order chi connectivity index (χ1) is 13.6. The summed E-state index contributed by atoms with van der Waals surface area (Å²) < 4.78 is 5.98. The van der Waals surface area contributed by atoms with Crippen molar-refractivity contribution < 1.29 is 4.42 Å². The molecule has 0 saturated carbocycles. The molecule has 0 aliphatic carbocycles. The average Bonchev–Trinajstić information content (AvgIpc) is 3.04. The van der Waals surface area contributed by atoms with E-state index in [1.54, 1.807) is 0 Å². The van der Waals surface area contributed by atoms with Gasteiger partial charge in [-0.25, -0.2) is 0 Å². The van der Waals surface area contributed by atoms with Gasteiger partial charge in [-0.3, -0.25) is 4.99 Å². The normalized spacial score (nSPS) is 17.2. The number of fused-ring (bicyclic) bond motifs is 1. The molecule has 29 heavy (non-hydrogen) atoms. The van der Waals surface area contributed by atoms with E-state index in [0.717, 1.165) is 36.9 Å². The second-order valence-electron chi connectivity index (χ2n) is 7.79. The summed E-state index contributed by atoms with van der Waals surface area (Å²) in [4.78, 5) is 9.45. The van der Waals surface area contributed by atoms with Crippen LogP contribution in [0.5, 0.6) is 0 Å². The summed E-state index contributed by atoms with van der Waals surface area (Å²) >= 11 is 0. The van der Waals surface area contributed by atoms with E-state index in [-0.39, 0.29) is 24.0 Å². The highest BCUT2D eigenvalue weighted by Gasteiger charge is 2.17. The van der Waals surface area contributed by atoms with Gasteiger partial charge in [0.1, 0.15) is 11.3 Å². The Balaban J connectivity index is 0.00000300. The Hall–Kier alpha value is -1.32. The van der Waals surface area contributed by atoms with Crippen LogP contribution in [0.1, 0.15) is 25.2 Å². The maximum Gasteiger partial charge on any atom is 0.191 e. The van der Waals surface area contributed by atoms with Gasteiger partial charge in [0.05, 0.1) is 6.54 Å². The molecule has 1 aromatic heterocycles. The molecule has 2 aromatic rings. The Morgan fingerprint density at radius 1 is 1.14 bits per heavy atom. The molecule has 6 nitrogen and oxygen atoms in total. The van der Waals surface area contributed by atoms with Crippen LogP contribution in [0.15, 0.2) is 33.7 Å². The fourth-order valence-corrected chi connectivity index (χ4v) is 3.84. The highest BCUT2D eigenvalue weighted by Crippen LogP contribution is 2.24. The number of nitrogens with one attached hydrogen (secondary N) is 2. The summed E-state index contributed by atoms with van der Waals surface area (Å²) in [5.74, 6) is 2.35. The molecule has 1 aliphatic heterocycles. The first-order valence-electron chi connectivity index (χ1n) is 10.5. The van der Waals surface area contributed by atoms with Gasteiger partial charge in [0.2, 0.25) is 0 Å². The number of benzene rings is 1. The number of piperazine rings is 1. The lowest BCUT2D eigenvalue weighted by molar-refractivity contribution is 0.124. The van der Waals surface area contributed by atoms with E-state index in [0.29, 0.717) is 12.5 Å². The van der Waals surface area contributed by atoms with E-state index in [9.17, 15) is 0 Å². The van der Waals surface area contributed by atoms with Crippen LogP contribution in [-0.2, 0) is 6.54 Å². The molecule has 0 bridgehead atoms. The van der Waals surface area contributed by atoms with Crippen LogP contribution in [0.3, 0.4) is 0 Å². The summed E-state index contributed by atoms with van der Waals surface area (Å²) in [5, 5.41) is 8.03. The number of aryl methyl sites for hydroxylation is 1. The molecule has 162 valence electrons. The minimum atomic E-state index is 0. The second kappa shape index (κ2) is 11.8. The lowest BCUT2D eigenvalue weighted by Gasteiger charge is -2.35. The van der Waals surface area contributed by atoms with Crippen molar-refractivity contribution in [3.63, 3.8) is 0 Å². The van der Waals surface area contributed by atoms with Crippen molar-refractivity contribution in [3.8, 4) is 0 Å². The highest BCUT2D eigenvalue weighted by molar-refractivity contribution is 14.0. The zero-order chi connectivity index (χ0) is 19.9. The number of hydrogen-bond acceptors (Lipinski definition) is 4. The number of hydrogen-bond donors (Lipinski definition) is 2. The van der Waals surface area contributed by atoms with Gasteiger partial charge in [0.15, 0.2) is 5.96 Å². The molecule has 7 heteroatoms. The molecule has 1 atom stereocenters. The molecule has 3 rings (SSSR count). The molecule has 2 heterocycles. The Morgan fingerprint density at radius 2 is 1.83 bits per heavy atom. The van der Waals surface area contributed by atoms with Crippen LogP contribution in [0.4, 0.5) is 0 Å². The van der Waals surface area contributed by atoms with E-state index in [2.05, 4.69) is 52.3 Å². The molecule has 0 radical (unpaired) electrons. The van der Waals surface area contributed by atoms with Gasteiger partial charge < -0.3 is 24.9 Å². The molecular weight excluding hydrogens is 477 g/mol. The van der Waals surface area contributed by atoms with Crippen molar-refractivity contribution in [3.05, 3.63) is 35.6 Å². The van der Waals surface area contributed by atoms with Crippen molar-refractivity contribution in [2.75, 3.05) is 52.9 Å². The molecule has 1 fully saturated rings. The first-order valence-corrected chi connectivity index (χ1v) is 10.5. The molecule has 0 amide bonds. The van der Waals surface area contributed by atoms with Crippen LogP contribution >= 0.6 is 24.0 Å². The van der Waals surface area contributed by atoms with Crippen molar-refractivity contribution in [2.24, 2.45) is 10.9 Å². The van der Waals surface area contributed by atoms with E-state index in [4.69, 9.17) is 4.42 Å². The fraction of sp³-hybridized carbons (Fsp3) is 0.591. The maximum absolute atomic E-state index is 5.98. The van der Waals surface area contributed by atoms with Crippen LogP contribution in [0.25, 0.3) is 11.0 Å². The Bertz CT molecular complexity index is 783. The predicted molar refractivity (Wildman–Crippen MR) is 132 cm³/mol. The molecule has 1 aromatic carbocycles. The van der Waals surface area contributed by atoms with Gasteiger partial charge in [-0.15, -0.1) is 24.0 Å². The van der Waals surface area contributed by atoms with E-state index < -0.39 is 0 Å². The number of para-hydroxylation sites is 1. The third-order valence-electron chi connectivity index (χ3n) is 5.68. The summed E-state index contributed by atoms with van der Waals surface area (Å²) in [6.45, 7) is 15.2. The number of halogens is 1. The summed E-state index contributed by atoms with van der Waals surface area (Å²) in [6.07, 6.45) is 0. The van der Waals surface area contributed by atoms with E-state index in [1.807, 2.05) is 25.2 Å². The standard InChI is InChI=1S/C22H35N5O.HI/c1-5-26-10-12-27(13-11-26)16-17(2)14-24-22(23-4)25-15-21-18(3)19-8-6-7-9-20(19)28-21;/h6-9,17H,5,10-16H2,1-4H3,(H2,23,24,25);1H. The maximum atomic E-state index is 5.98. The van der Waals surface area contributed by atoms with Crippen LogP contribution < -0.4 is 10.6 Å². The molecule has 2 N–H and O–H groups in total. The zero-order valence-corrected chi connectivity index (χ0v) is 20.5. The number of likely N-dealkylation sites (N-methyl/N-ethyl adjacent to an activating group) is 1. The van der Waals surface area contributed by atoms with Crippen LogP contribution in [0, 0.1) is 12.8 Å². The Morgan fingerprint density at radius 3 is 2.48 bits per heavy atom. The number of rotatable bonds is 7. The Kier molecular flexibility index (Phi) is 9.71. The topological polar surface area (TPSA) is 56.0 Å². The number of furan rings is 1. The summed E-state index contributed by atoms with van der Waals surface area (Å²) in [7, 11) is 1.81. The van der Waals surface area contributed by atoms with Gasteiger partial charge in [0, 0.05) is 57.3 Å². The van der Waals surface area contributed by atoms with Gasteiger partial charge in [-0.05, 0) is 25.5 Å². The summed E-state index contributed by atoms with van der Waals surface area (Å²) in [6, 6.07) is 8.17. The lowest BCUT2D eigenvalue weighted by Crippen LogP contribution is -2.48. The fourth-order valence-electron chi connectivity index (χ4n) is 3.84. The predicted octanol–water partition coefficient (Wildman–Crippen LogP) is 3.30. The van der Waals surface area contributed by atoms with Crippen LogP contribution in [-0.4, -0.2) is 68.6 Å². The Labute approximate surface area is 192 Å².